The van der Waals surface area contributed by atoms with Crippen LogP contribution in [0.4, 0.5) is 0 Å². The van der Waals surface area contributed by atoms with E-state index < -0.39 is 11.9 Å². The second-order valence-corrected chi connectivity index (χ2v) is 12.1. The lowest BCUT2D eigenvalue weighted by molar-refractivity contribution is -0.171. The molecule has 0 aromatic heterocycles. The van der Waals surface area contributed by atoms with Crippen LogP contribution in [0, 0.1) is 40.4 Å². The molecule has 8 atom stereocenters. The number of carboxylic acids is 2. The SMILES string of the molecule is C[C@]12CC[C@H](OC(=O)[C@@H]3CCNC3)C[C@@H]1C(=O)C[C@@H]1[C@@H]2CC[C@]2(C)C(=O)CC[C@@H]12.O=C(O)/C=C/C(=O)O. The lowest BCUT2D eigenvalue weighted by Gasteiger charge is -2.59. The molecule has 9 nitrogen and oxygen atoms in total. The van der Waals surface area contributed by atoms with Crippen molar-refractivity contribution < 1.29 is 38.9 Å². The minimum Gasteiger partial charge on any atom is -0.478 e. The van der Waals surface area contributed by atoms with E-state index in [0.717, 1.165) is 45.1 Å². The van der Waals surface area contributed by atoms with Crippen LogP contribution in [0.5, 0.6) is 0 Å². The van der Waals surface area contributed by atoms with Crippen LogP contribution in [0.1, 0.15) is 71.6 Å². The number of carbonyl (C=O) groups excluding carboxylic acids is 3. The lowest BCUT2D eigenvalue weighted by atomic mass is 9.45. The van der Waals surface area contributed by atoms with Gasteiger partial charge in [0, 0.05) is 42.9 Å². The Kier molecular flexibility index (Phi) is 7.93. The largest absolute Gasteiger partial charge is 0.478 e. The number of hydrogen-bond acceptors (Lipinski definition) is 7. The predicted octanol–water partition coefficient (Wildman–Crippen LogP) is 3.01. The van der Waals surface area contributed by atoms with E-state index in [1.54, 1.807) is 0 Å². The van der Waals surface area contributed by atoms with Gasteiger partial charge in [-0.1, -0.05) is 13.8 Å². The van der Waals surface area contributed by atoms with Crippen LogP contribution in [0.2, 0.25) is 0 Å². The highest BCUT2D eigenvalue weighted by Gasteiger charge is 2.62. The van der Waals surface area contributed by atoms with Gasteiger partial charge >= 0.3 is 17.9 Å². The molecule has 0 spiro atoms. The second-order valence-electron chi connectivity index (χ2n) is 12.1. The molecule has 1 saturated heterocycles. The molecule has 5 fully saturated rings. The Bertz CT molecular complexity index is 969. The molecule has 1 aliphatic heterocycles. The first-order chi connectivity index (χ1) is 17.5. The number of carbonyl (C=O) groups is 5. The molecular formula is C28H39NO8. The first-order valence-corrected chi connectivity index (χ1v) is 13.6. The van der Waals surface area contributed by atoms with Gasteiger partial charge in [-0.15, -0.1) is 0 Å². The number of ether oxygens (including phenoxy) is 1. The molecule has 3 N–H and O–H groups in total. The minimum atomic E-state index is -1.26. The van der Waals surface area contributed by atoms with Gasteiger partial charge in [0.25, 0.3) is 0 Å². The topological polar surface area (TPSA) is 147 Å². The molecule has 0 aromatic carbocycles. The van der Waals surface area contributed by atoms with Gasteiger partial charge in [0.2, 0.25) is 0 Å². The molecule has 1 heterocycles. The molecular weight excluding hydrogens is 478 g/mol. The van der Waals surface area contributed by atoms with E-state index in [-0.39, 0.29) is 34.7 Å². The van der Waals surface area contributed by atoms with Gasteiger partial charge in [0.05, 0.1) is 5.92 Å². The molecule has 0 bridgehead atoms. The zero-order valence-electron chi connectivity index (χ0n) is 21.7. The van der Waals surface area contributed by atoms with Crippen LogP contribution in [0.3, 0.4) is 0 Å². The number of carboxylic acid groups (broad SMARTS) is 2. The Hall–Kier alpha value is -2.55. The van der Waals surface area contributed by atoms with Gasteiger partial charge in [0.1, 0.15) is 17.7 Å². The number of nitrogens with one attached hydrogen (secondary N) is 1. The number of rotatable bonds is 4. The summed E-state index contributed by atoms with van der Waals surface area (Å²) in [5.74, 6) is -0.520. The number of esters is 1. The molecule has 0 amide bonds. The second kappa shape index (κ2) is 10.7. The van der Waals surface area contributed by atoms with Gasteiger partial charge in [0.15, 0.2) is 0 Å². The molecule has 5 rings (SSSR count). The highest BCUT2D eigenvalue weighted by molar-refractivity contribution is 5.90. The summed E-state index contributed by atoms with van der Waals surface area (Å²) in [6.07, 6.45) is 8.76. The summed E-state index contributed by atoms with van der Waals surface area (Å²) < 4.78 is 5.88. The van der Waals surface area contributed by atoms with Crippen molar-refractivity contribution in [3.8, 4) is 0 Å². The number of hydrogen-bond donors (Lipinski definition) is 3. The first kappa shape index (κ1) is 27.5. The first-order valence-electron chi connectivity index (χ1n) is 13.6. The Morgan fingerprint density at radius 1 is 0.973 bits per heavy atom. The van der Waals surface area contributed by atoms with E-state index in [1.807, 2.05) is 0 Å². The van der Waals surface area contributed by atoms with Crippen LogP contribution >= 0.6 is 0 Å². The highest BCUT2D eigenvalue weighted by atomic mass is 16.5. The summed E-state index contributed by atoms with van der Waals surface area (Å²) in [5.41, 5.74) is -0.183. The summed E-state index contributed by atoms with van der Waals surface area (Å²) in [6, 6.07) is 0. The van der Waals surface area contributed by atoms with Gasteiger partial charge in [-0.25, -0.2) is 9.59 Å². The smallest absolute Gasteiger partial charge is 0.328 e. The van der Waals surface area contributed by atoms with Crippen molar-refractivity contribution >= 4 is 29.5 Å². The molecule has 9 heteroatoms. The van der Waals surface area contributed by atoms with E-state index >= 15 is 0 Å². The van der Waals surface area contributed by atoms with Crippen LogP contribution in [-0.4, -0.2) is 58.9 Å². The van der Waals surface area contributed by atoms with E-state index in [2.05, 4.69) is 19.2 Å². The summed E-state index contributed by atoms with van der Waals surface area (Å²) >= 11 is 0. The molecule has 4 aliphatic carbocycles. The van der Waals surface area contributed by atoms with Crippen LogP contribution < -0.4 is 5.32 Å². The third-order valence-electron chi connectivity index (χ3n) is 10.2. The maximum atomic E-state index is 13.3. The van der Waals surface area contributed by atoms with Crippen molar-refractivity contribution in [1.82, 2.24) is 5.32 Å². The van der Waals surface area contributed by atoms with Crippen molar-refractivity contribution in [1.29, 1.82) is 0 Å². The third-order valence-corrected chi connectivity index (χ3v) is 10.2. The van der Waals surface area contributed by atoms with Crippen molar-refractivity contribution in [2.75, 3.05) is 13.1 Å². The monoisotopic (exact) mass is 517 g/mol. The Morgan fingerprint density at radius 3 is 2.30 bits per heavy atom. The maximum Gasteiger partial charge on any atom is 0.328 e. The summed E-state index contributed by atoms with van der Waals surface area (Å²) in [7, 11) is 0. The van der Waals surface area contributed by atoms with Gasteiger partial charge in [-0.3, -0.25) is 14.4 Å². The van der Waals surface area contributed by atoms with Crippen LogP contribution in [0.15, 0.2) is 12.2 Å². The van der Waals surface area contributed by atoms with Crippen molar-refractivity contribution in [3.63, 3.8) is 0 Å². The summed E-state index contributed by atoms with van der Waals surface area (Å²) in [6.45, 7) is 6.09. The number of aliphatic carboxylic acids is 2. The van der Waals surface area contributed by atoms with Gasteiger partial charge in [-0.2, -0.15) is 0 Å². The number of fused-ring (bicyclic) bond motifs is 5. The minimum absolute atomic E-state index is 0.00475. The van der Waals surface area contributed by atoms with E-state index in [4.69, 9.17) is 14.9 Å². The average Bonchev–Trinajstić information content (AvgIpc) is 3.48. The molecule has 4 saturated carbocycles. The van der Waals surface area contributed by atoms with E-state index in [9.17, 15) is 24.0 Å². The molecule has 0 aromatic rings. The average molecular weight is 518 g/mol. The molecule has 0 radical (unpaired) electrons. The molecule has 5 aliphatic rings. The molecule has 0 unspecified atom stereocenters. The summed E-state index contributed by atoms with van der Waals surface area (Å²) in [5, 5.41) is 18.8. The van der Waals surface area contributed by atoms with Gasteiger partial charge < -0.3 is 20.3 Å². The quantitative estimate of drug-likeness (QED) is 0.378. The zero-order chi connectivity index (χ0) is 27.0. The van der Waals surface area contributed by atoms with Crippen LogP contribution in [0.25, 0.3) is 0 Å². The third kappa shape index (κ3) is 5.38. The van der Waals surface area contributed by atoms with Crippen molar-refractivity contribution in [2.45, 2.75) is 77.7 Å². The Balaban J connectivity index is 0.000000349. The Morgan fingerprint density at radius 2 is 1.68 bits per heavy atom. The highest BCUT2D eigenvalue weighted by Crippen LogP contribution is 2.64. The zero-order valence-corrected chi connectivity index (χ0v) is 21.7. The fourth-order valence-electron chi connectivity index (χ4n) is 8.14. The Labute approximate surface area is 217 Å². The summed E-state index contributed by atoms with van der Waals surface area (Å²) in [4.78, 5) is 57.5. The van der Waals surface area contributed by atoms with E-state index in [0.29, 0.717) is 67.3 Å². The molecule has 37 heavy (non-hydrogen) atoms. The van der Waals surface area contributed by atoms with Gasteiger partial charge in [-0.05, 0) is 74.7 Å². The van der Waals surface area contributed by atoms with Crippen LogP contribution in [-0.2, 0) is 28.7 Å². The van der Waals surface area contributed by atoms with Crippen molar-refractivity contribution in [2.24, 2.45) is 40.4 Å². The van der Waals surface area contributed by atoms with Crippen molar-refractivity contribution in [3.05, 3.63) is 12.2 Å². The lowest BCUT2D eigenvalue weighted by Crippen LogP contribution is -2.57. The predicted molar refractivity (Wildman–Crippen MR) is 132 cm³/mol. The number of Topliss-reactive ketones (excluding diaryl/α,β-unsaturated/α-hetero) is 2. The fraction of sp³-hybridized carbons (Fsp3) is 0.750. The standard InChI is InChI=1S/C24H35NO4.C4H4O4/c1-23-8-5-15(29-22(28)14-7-10-25-13-14)11-19(23)20(26)12-16-17-3-4-21(27)24(17,2)9-6-18(16)23;5-3(6)1-2-4(7)8/h14-19,25H,3-13H2,1-2H3;1-2H,(H,5,6)(H,7,8)/b;2-1+/t14-,15+,16+,17+,18+,19-,23-,24+;/m1./s1. The van der Waals surface area contributed by atoms with E-state index in [1.165, 1.54) is 0 Å². The fourth-order valence-corrected chi connectivity index (χ4v) is 8.14. The maximum absolute atomic E-state index is 13.3. The normalized spacial score (nSPS) is 40.7. The molecule has 204 valence electrons. The number of ketones is 2.